The van der Waals surface area contributed by atoms with Gasteiger partial charge in [0.05, 0.1) is 6.61 Å². The summed E-state index contributed by atoms with van der Waals surface area (Å²) in [4.78, 5) is 4.26. The zero-order chi connectivity index (χ0) is 16.7. The van der Waals surface area contributed by atoms with Gasteiger partial charge in [0.2, 0.25) is 0 Å². The average Bonchev–Trinajstić information content (AvgIpc) is 2.59. The van der Waals surface area contributed by atoms with Gasteiger partial charge in [-0.2, -0.15) is 0 Å². The molecule has 0 radical (unpaired) electrons. The summed E-state index contributed by atoms with van der Waals surface area (Å²) in [6.45, 7) is 3.84. The van der Waals surface area contributed by atoms with Gasteiger partial charge in [0.25, 0.3) is 0 Å². The summed E-state index contributed by atoms with van der Waals surface area (Å²) in [6, 6.07) is 16.9. The van der Waals surface area contributed by atoms with E-state index >= 15 is 0 Å². The van der Waals surface area contributed by atoms with E-state index in [1.165, 1.54) is 16.8 Å². The van der Waals surface area contributed by atoms with E-state index in [4.69, 9.17) is 5.11 Å². The second-order valence-electron chi connectivity index (χ2n) is 5.71. The third kappa shape index (κ3) is 4.86. The normalized spacial score (nSPS) is 11.0. The number of anilines is 2. The van der Waals surface area contributed by atoms with Crippen molar-refractivity contribution in [1.29, 1.82) is 0 Å². The Morgan fingerprint density at radius 1 is 0.826 bits per heavy atom. The van der Waals surface area contributed by atoms with Gasteiger partial charge in [-0.1, -0.05) is 36.4 Å². The Kier molecular flexibility index (Phi) is 6.24. The van der Waals surface area contributed by atoms with Crippen molar-refractivity contribution in [1.82, 2.24) is 0 Å². The van der Waals surface area contributed by atoms with E-state index in [0.717, 1.165) is 12.2 Å². The minimum atomic E-state index is 0.179. The van der Waals surface area contributed by atoms with Crippen molar-refractivity contribution in [2.75, 3.05) is 43.6 Å². The van der Waals surface area contributed by atoms with Gasteiger partial charge in [0.15, 0.2) is 0 Å². The number of aliphatic hydroxyl groups is 1. The summed E-state index contributed by atoms with van der Waals surface area (Å²) < 4.78 is 0. The molecule has 2 aromatic carbocycles. The highest BCUT2D eigenvalue weighted by Gasteiger charge is 2.02. The molecule has 3 nitrogen and oxygen atoms in total. The van der Waals surface area contributed by atoms with Crippen molar-refractivity contribution in [3.63, 3.8) is 0 Å². The number of nitrogens with zero attached hydrogens (tertiary/aromatic N) is 2. The van der Waals surface area contributed by atoms with Crippen LogP contribution < -0.4 is 9.80 Å². The fourth-order valence-corrected chi connectivity index (χ4v) is 2.46. The van der Waals surface area contributed by atoms with Crippen molar-refractivity contribution >= 4 is 23.5 Å². The van der Waals surface area contributed by atoms with E-state index in [2.05, 4.69) is 77.4 Å². The van der Waals surface area contributed by atoms with Crippen molar-refractivity contribution in [2.24, 2.45) is 0 Å². The van der Waals surface area contributed by atoms with Crippen LogP contribution in [0.5, 0.6) is 0 Å². The van der Waals surface area contributed by atoms with Gasteiger partial charge < -0.3 is 14.9 Å². The molecule has 0 heterocycles. The smallest absolute Gasteiger partial charge is 0.0606 e. The van der Waals surface area contributed by atoms with Crippen LogP contribution in [-0.4, -0.2) is 38.9 Å². The lowest BCUT2D eigenvalue weighted by molar-refractivity contribution is 0.302. The second-order valence-corrected chi connectivity index (χ2v) is 5.71. The molecule has 0 aliphatic carbocycles. The van der Waals surface area contributed by atoms with Crippen molar-refractivity contribution < 1.29 is 5.11 Å². The third-order valence-corrected chi connectivity index (χ3v) is 3.89. The second kappa shape index (κ2) is 8.39. The molecule has 23 heavy (non-hydrogen) atoms. The van der Waals surface area contributed by atoms with Gasteiger partial charge in [-0.15, -0.1) is 0 Å². The van der Waals surface area contributed by atoms with E-state index < -0.39 is 0 Å². The largest absolute Gasteiger partial charge is 0.395 e. The topological polar surface area (TPSA) is 26.7 Å². The lowest BCUT2D eigenvalue weighted by Crippen LogP contribution is -2.25. The Morgan fingerprint density at radius 2 is 1.30 bits per heavy atom. The highest BCUT2D eigenvalue weighted by Crippen LogP contribution is 2.18. The zero-order valence-electron chi connectivity index (χ0n) is 14.2. The molecule has 0 aromatic heterocycles. The molecule has 0 spiro atoms. The highest BCUT2D eigenvalue weighted by molar-refractivity contribution is 5.71. The third-order valence-electron chi connectivity index (χ3n) is 3.89. The zero-order valence-corrected chi connectivity index (χ0v) is 14.2. The standard InChI is InChI=1S/C20H26N2O/c1-4-22(15-16-23)20-13-9-18(10-14-20)6-5-17-7-11-19(12-8-17)21(2)3/h5-14,23H,4,15-16H2,1-3H3. The molecule has 0 aliphatic heterocycles. The SMILES string of the molecule is CCN(CCO)c1ccc(C=Cc2ccc(N(C)C)cc2)cc1. The molecular formula is C20H26N2O. The number of benzene rings is 2. The lowest BCUT2D eigenvalue weighted by atomic mass is 10.1. The Labute approximate surface area is 139 Å². The van der Waals surface area contributed by atoms with Crippen LogP contribution in [0.1, 0.15) is 18.1 Å². The Morgan fingerprint density at radius 3 is 1.70 bits per heavy atom. The van der Waals surface area contributed by atoms with Crippen LogP contribution >= 0.6 is 0 Å². The van der Waals surface area contributed by atoms with E-state index in [1.54, 1.807) is 0 Å². The number of rotatable bonds is 7. The maximum Gasteiger partial charge on any atom is 0.0606 e. The molecule has 0 aliphatic rings. The molecule has 122 valence electrons. The summed E-state index contributed by atoms with van der Waals surface area (Å²) in [5, 5.41) is 9.09. The minimum absolute atomic E-state index is 0.179. The monoisotopic (exact) mass is 310 g/mol. The summed E-state index contributed by atoms with van der Waals surface area (Å²) in [6.07, 6.45) is 4.25. The molecular weight excluding hydrogens is 284 g/mol. The fraction of sp³-hybridized carbons (Fsp3) is 0.300. The van der Waals surface area contributed by atoms with Crippen molar-refractivity contribution in [3.8, 4) is 0 Å². The lowest BCUT2D eigenvalue weighted by Gasteiger charge is -2.21. The molecule has 3 heteroatoms. The van der Waals surface area contributed by atoms with E-state index in [0.29, 0.717) is 6.54 Å². The van der Waals surface area contributed by atoms with Crippen molar-refractivity contribution in [3.05, 3.63) is 59.7 Å². The van der Waals surface area contributed by atoms with Crippen LogP contribution in [0.4, 0.5) is 11.4 Å². The fourth-order valence-electron chi connectivity index (χ4n) is 2.46. The first-order valence-corrected chi connectivity index (χ1v) is 8.05. The first-order valence-electron chi connectivity index (χ1n) is 8.05. The molecule has 1 N–H and O–H groups in total. The summed E-state index contributed by atoms with van der Waals surface area (Å²) in [7, 11) is 4.09. The average molecular weight is 310 g/mol. The molecule has 0 bridgehead atoms. The van der Waals surface area contributed by atoms with E-state index in [-0.39, 0.29) is 6.61 Å². The number of hydrogen-bond donors (Lipinski definition) is 1. The van der Waals surface area contributed by atoms with Crippen LogP contribution in [0.25, 0.3) is 12.2 Å². The number of likely N-dealkylation sites (N-methyl/N-ethyl adjacent to an activating group) is 1. The number of hydrogen-bond acceptors (Lipinski definition) is 3. The van der Waals surface area contributed by atoms with Crippen LogP contribution in [0.2, 0.25) is 0 Å². The van der Waals surface area contributed by atoms with Gasteiger partial charge >= 0.3 is 0 Å². The Balaban J connectivity index is 2.05. The molecule has 2 rings (SSSR count). The van der Waals surface area contributed by atoms with Gasteiger partial charge in [-0.05, 0) is 42.3 Å². The molecule has 0 fully saturated rings. The van der Waals surface area contributed by atoms with E-state index in [9.17, 15) is 0 Å². The van der Waals surface area contributed by atoms with Gasteiger partial charge in [-0.25, -0.2) is 0 Å². The minimum Gasteiger partial charge on any atom is -0.395 e. The summed E-state index contributed by atoms with van der Waals surface area (Å²) >= 11 is 0. The van der Waals surface area contributed by atoms with Gasteiger partial charge in [-0.3, -0.25) is 0 Å². The molecule has 2 aromatic rings. The maximum atomic E-state index is 9.09. The van der Waals surface area contributed by atoms with Crippen molar-refractivity contribution in [2.45, 2.75) is 6.92 Å². The molecule has 0 amide bonds. The maximum absolute atomic E-state index is 9.09. The van der Waals surface area contributed by atoms with Gasteiger partial charge in [0.1, 0.15) is 0 Å². The van der Waals surface area contributed by atoms with E-state index in [1.807, 2.05) is 14.1 Å². The van der Waals surface area contributed by atoms with Crippen LogP contribution in [-0.2, 0) is 0 Å². The van der Waals surface area contributed by atoms with Crippen LogP contribution in [0.15, 0.2) is 48.5 Å². The quantitative estimate of drug-likeness (QED) is 0.789. The Bertz CT molecular complexity index is 615. The molecule has 0 saturated heterocycles. The highest BCUT2D eigenvalue weighted by atomic mass is 16.3. The van der Waals surface area contributed by atoms with Crippen LogP contribution in [0.3, 0.4) is 0 Å². The summed E-state index contributed by atoms with van der Waals surface area (Å²) in [5.74, 6) is 0. The van der Waals surface area contributed by atoms with Crippen LogP contribution in [0, 0.1) is 0 Å². The molecule has 0 atom stereocenters. The molecule has 0 unspecified atom stereocenters. The first-order chi connectivity index (χ1) is 11.1. The first kappa shape index (κ1) is 17.1. The summed E-state index contributed by atoms with van der Waals surface area (Å²) in [5.41, 5.74) is 4.71. The molecule has 0 saturated carbocycles. The predicted octanol–water partition coefficient (Wildman–Crippen LogP) is 3.74. The number of aliphatic hydroxyl groups excluding tert-OH is 1. The van der Waals surface area contributed by atoms with Gasteiger partial charge in [0, 0.05) is 38.6 Å². The Hall–Kier alpha value is -2.26. The predicted molar refractivity (Wildman–Crippen MR) is 101 cm³/mol.